The van der Waals surface area contributed by atoms with E-state index in [1.54, 1.807) is 19.1 Å². The van der Waals surface area contributed by atoms with Crippen LogP contribution in [0, 0.1) is 22.7 Å². The molecule has 1 heterocycles. The lowest BCUT2D eigenvalue weighted by Crippen LogP contribution is -2.16. The highest BCUT2D eigenvalue weighted by atomic mass is 16.5. The molecule has 1 aromatic rings. The van der Waals surface area contributed by atoms with Crippen LogP contribution in [-0.2, 0) is 16.1 Å². The summed E-state index contributed by atoms with van der Waals surface area (Å²) in [5.41, 5.74) is 5.44. The number of rotatable bonds is 3. The van der Waals surface area contributed by atoms with E-state index < -0.39 is 5.97 Å². The average molecular weight is 219 g/mol. The van der Waals surface area contributed by atoms with Crippen molar-refractivity contribution in [2.24, 2.45) is 0 Å². The SMILES string of the molecule is CCOC(=O)Cn1nc(C#N)c(C#N)c1N. The lowest BCUT2D eigenvalue weighted by Gasteiger charge is -2.03. The Balaban J connectivity index is 3.00. The highest BCUT2D eigenvalue weighted by Gasteiger charge is 2.17. The second-order valence-electron chi connectivity index (χ2n) is 2.80. The fourth-order valence-corrected chi connectivity index (χ4v) is 1.11. The Kier molecular flexibility index (Phi) is 3.46. The molecule has 0 bridgehead atoms. The Morgan fingerprint density at radius 1 is 1.56 bits per heavy atom. The van der Waals surface area contributed by atoms with Gasteiger partial charge in [0.15, 0.2) is 5.69 Å². The number of hydrogen-bond donors (Lipinski definition) is 1. The van der Waals surface area contributed by atoms with Crippen LogP contribution in [0.4, 0.5) is 5.82 Å². The van der Waals surface area contributed by atoms with Gasteiger partial charge >= 0.3 is 5.97 Å². The highest BCUT2D eigenvalue weighted by molar-refractivity contribution is 5.70. The van der Waals surface area contributed by atoms with Crippen molar-refractivity contribution in [2.45, 2.75) is 13.5 Å². The Hall–Kier alpha value is -2.54. The van der Waals surface area contributed by atoms with E-state index in [-0.39, 0.29) is 30.2 Å². The van der Waals surface area contributed by atoms with Gasteiger partial charge in [0.05, 0.1) is 6.61 Å². The molecule has 0 atom stereocenters. The third-order valence-electron chi connectivity index (χ3n) is 1.79. The molecule has 7 nitrogen and oxygen atoms in total. The van der Waals surface area contributed by atoms with Crippen LogP contribution in [0.25, 0.3) is 0 Å². The molecule has 0 unspecified atom stereocenters. The zero-order chi connectivity index (χ0) is 12.1. The van der Waals surface area contributed by atoms with Crippen LogP contribution in [0.3, 0.4) is 0 Å². The van der Waals surface area contributed by atoms with Gasteiger partial charge in [0, 0.05) is 0 Å². The van der Waals surface area contributed by atoms with Crippen molar-refractivity contribution in [3.05, 3.63) is 11.3 Å². The smallest absolute Gasteiger partial charge is 0.327 e. The largest absolute Gasteiger partial charge is 0.465 e. The molecular weight excluding hydrogens is 210 g/mol. The molecule has 0 saturated carbocycles. The number of carbonyl (C=O) groups is 1. The third kappa shape index (κ3) is 2.10. The second-order valence-corrected chi connectivity index (χ2v) is 2.80. The lowest BCUT2D eigenvalue weighted by atomic mass is 10.3. The van der Waals surface area contributed by atoms with Crippen LogP contribution in [0.5, 0.6) is 0 Å². The summed E-state index contributed by atoms with van der Waals surface area (Å²) in [5, 5.41) is 21.1. The topological polar surface area (TPSA) is 118 Å². The second kappa shape index (κ2) is 4.80. The highest BCUT2D eigenvalue weighted by Crippen LogP contribution is 2.14. The Labute approximate surface area is 91.6 Å². The molecule has 0 saturated heterocycles. The van der Waals surface area contributed by atoms with Crippen molar-refractivity contribution < 1.29 is 9.53 Å². The standard InChI is InChI=1S/C9H9N5O2/c1-2-16-8(15)5-14-9(12)6(3-10)7(4-11)13-14/h2,5,12H2,1H3. The lowest BCUT2D eigenvalue weighted by molar-refractivity contribution is -0.143. The molecule has 82 valence electrons. The Bertz CT molecular complexity index is 491. The summed E-state index contributed by atoms with van der Waals surface area (Å²) in [6.07, 6.45) is 0. The Morgan fingerprint density at radius 2 is 2.25 bits per heavy atom. The van der Waals surface area contributed by atoms with E-state index in [1.807, 2.05) is 0 Å². The van der Waals surface area contributed by atoms with Crippen LogP contribution < -0.4 is 5.73 Å². The first-order valence-electron chi connectivity index (χ1n) is 4.46. The van der Waals surface area contributed by atoms with Crippen molar-refractivity contribution in [1.29, 1.82) is 10.5 Å². The maximum absolute atomic E-state index is 11.2. The number of carbonyl (C=O) groups excluding carboxylic acids is 1. The van der Waals surface area contributed by atoms with E-state index in [1.165, 1.54) is 0 Å². The summed E-state index contributed by atoms with van der Waals surface area (Å²) < 4.78 is 5.77. The van der Waals surface area contributed by atoms with Gasteiger partial charge in [-0.1, -0.05) is 0 Å². The van der Waals surface area contributed by atoms with Gasteiger partial charge in [-0.15, -0.1) is 0 Å². The number of nitrogens with two attached hydrogens (primary N) is 1. The van der Waals surface area contributed by atoms with Gasteiger partial charge in [-0.05, 0) is 6.92 Å². The number of nitrogen functional groups attached to an aromatic ring is 1. The minimum atomic E-state index is -0.523. The van der Waals surface area contributed by atoms with Crippen LogP contribution in [0.1, 0.15) is 18.2 Å². The molecule has 2 N–H and O–H groups in total. The number of nitriles is 2. The van der Waals surface area contributed by atoms with E-state index in [0.29, 0.717) is 0 Å². The predicted molar refractivity (Wildman–Crippen MR) is 52.7 cm³/mol. The molecule has 16 heavy (non-hydrogen) atoms. The van der Waals surface area contributed by atoms with E-state index in [4.69, 9.17) is 21.0 Å². The number of nitrogens with zero attached hydrogens (tertiary/aromatic N) is 4. The number of aromatic nitrogens is 2. The molecule has 0 aromatic carbocycles. The van der Waals surface area contributed by atoms with E-state index >= 15 is 0 Å². The summed E-state index contributed by atoms with van der Waals surface area (Å²) in [6.45, 7) is 1.71. The monoisotopic (exact) mass is 219 g/mol. The zero-order valence-corrected chi connectivity index (χ0v) is 8.60. The number of esters is 1. The van der Waals surface area contributed by atoms with Gasteiger partial charge in [-0.3, -0.25) is 4.79 Å². The first-order valence-corrected chi connectivity index (χ1v) is 4.46. The maximum Gasteiger partial charge on any atom is 0.327 e. The fraction of sp³-hybridized carbons (Fsp3) is 0.333. The summed E-state index contributed by atoms with van der Waals surface area (Å²) in [4.78, 5) is 11.2. The van der Waals surface area contributed by atoms with Crippen molar-refractivity contribution in [3.8, 4) is 12.1 Å². The van der Waals surface area contributed by atoms with Gasteiger partial charge in [0.25, 0.3) is 0 Å². The molecule has 7 heteroatoms. The molecule has 0 aliphatic carbocycles. The average Bonchev–Trinajstić information content (AvgIpc) is 2.55. The molecule has 0 aliphatic heterocycles. The number of ether oxygens (including phenoxy) is 1. The summed E-state index contributed by atoms with van der Waals surface area (Å²) >= 11 is 0. The molecule has 0 radical (unpaired) electrons. The minimum Gasteiger partial charge on any atom is -0.465 e. The molecule has 1 rings (SSSR count). The van der Waals surface area contributed by atoms with Gasteiger partial charge < -0.3 is 10.5 Å². The van der Waals surface area contributed by atoms with Crippen LogP contribution >= 0.6 is 0 Å². The van der Waals surface area contributed by atoms with Crippen molar-refractivity contribution >= 4 is 11.8 Å². The van der Waals surface area contributed by atoms with E-state index in [2.05, 4.69) is 5.10 Å². The van der Waals surface area contributed by atoms with Crippen LogP contribution in [-0.4, -0.2) is 22.4 Å². The molecular formula is C9H9N5O2. The summed E-state index contributed by atoms with van der Waals surface area (Å²) in [7, 11) is 0. The van der Waals surface area contributed by atoms with E-state index in [9.17, 15) is 4.79 Å². The van der Waals surface area contributed by atoms with Crippen molar-refractivity contribution in [1.82, 2.24) is 9.78 Å². The van der Waals surface area contributed by atoms with E-state index in [0.717, 1.165) is 4.68 Å². The van der Waals surface area contributed by atoms with Gasteiger partial charge in [0.1, 0.15) is 30.1 Å². The molecule has 0 spiro atoms. The normalized spacial score (nSPS) is 9.19. The summed E-state index contributed by atoms with van der Waals surface area (Å²) in [6, 6.07) is 3.48. The van der Waals surface area contributed by atoms with Gasteiger partial charge in [-0.25, -0.2) is 4.68 Å². The summed E-state index contributed by atoms with van der Waals surface area (Å²) in [5.74, 6) is -0.530. The minimum absolute atomic E-state index is 0.00731. The number of hydrogen-bond acceptors (Lipinski definition) is 6. The first kappa shape index (κ1) is 11.5. The molecule has 0 amide bonds. The molecule has 0 fully saturated rings. The van der Waals surface area contributed by atoms with Gasteiger partial charge in [-0.2, -0.15) is 15.6 Å². The van der Waals surface area contributed by atoms with Crippen molar-refractivity contribution in [3.63, 3.8) is 0 Å². The Morgan fingerprint density at radius 3 is 2.69 bits per heavy atom. The van der Waals surface area contributed by atoms with Gasteiger partial charge in [0.2, 0.25) is 0 Å². The fourth-order valence-electron chi connectivity index (χ4n) is 1.11. The maximum atomic E-state index is 11.2. The molecule has 0 aliphatic rings. The third-order valence-corrected chi connectivity index (χ3v) is 1.79. The molecule has 1 aromatic heterocycles. The quantitative estimate of drug-likeness (QED) is 0.701. The zero-order valence-electron chi connectivity index (χ0n) is 8.60. The predicted octanol–water partition coefficient (Wildman–Crippen LogP) is -0.228. The van der Waals surface area contributed by atoms with Crippen LogP contribution in [0.15, 0.2) is 0 Å². The number of anilines is 1. The van der Waals surface area contributed by atoms with Crippen molar-refractivity contribution in [2.75, 3.05) is 12.3 Å². The first-order chi connectivity index (χ1) is 7.63. The van der Waals surface area contributed by atoms with Crippen LogP contribution in [0.2, 0.25) is 0 Å².